The highest BCUT2D eigenvalue weighted by Gasteiger charge is 2.30. The standard InChI is InChI=1S/C19H28Cl2N2O2/c1-6-9-17(24)23(12-13-14(20)10-8-11-15(13)21)16(7-2)18(25)22-19(3,4)5/h8,10-11,16H,6-7,9,12H2,1-5H3,(H,22,25)/t16-/m1/s1. The van der Waals surface area contributed by atoms with Crippen molar-refractivity contribution in [2.75, 3.05) is 0 Å². The highest BCUT2D eigenvalue weighted by Crippen LogP contribution is 2.27. The molecule has 4 nitrogen and oxygen atoms in total. The number of nitrogens with one attached hydrogen (secondary N) is 1. The molecule has 1 aromatic rings. The van der Waals surface area contributed by atoms with Gasteiger partial charge in [0.1, 0.15) is 6.04 Å². The second-order valence-electron chi connectivity index (χ2n) is 7.14. The van der Waals surface area contributed by atoms with Gasteiger partial charge < -0.3 is 10.2 Å². The third-order valence-corrected chi connectivity index (χ3v) is 4.45. The molecule has 140 valence electrons. The zero-order valence-corrected chi connectivity index (χ0v) is 17.2. The molecule has 0 saturated carbocycles. The molecule has 1 rings (SSSR count). The van der Waals surface area contributed by atoms with Crippen LogP contribution >= 0.6 is 23.2 Å². The van der Waals surface area contributed by atoms with E-state index in [4.69, 9.17) is 23.2 Å². The molecule has 6 heteroatoms. The quantitative estimate of drug-likeness (QED) is 0.730. The Morgan fingerprint density at radius 1 is 1.16 bits per heavy atom. The number of carbonyl (C=O) groups is 2. The van der Waals surface area contributed by atoms with Gasteiger partial charge in [-0.2, -0.15) is 0 Å². The van der Waals surface area contributed by atoms with Gasteiger partial charge in [0.05, 0.1) is 0 Å². The predicted octanol–water partition coefficient (Wildman–Crippen LogP) is 4.82. The lowest BCUT2D eigenvalue weighted by Gasteiger charge is -2.33. The molecule has 0 fully saturated rings. The Kier molecular flexibility index (Phi) is 8.23. The first kappa shape index (κ1) is 21.8. The van der Waals surface area contributed by atoms with Crippen molar-refractivity contribution in [1.82, 2.24) is 10.2 Å². The van der Waals surface area contributed by atoms with Crippen LogP contribution in [0.2, 0.25) is 10.0 Å². The van der Waals surface area contributed by atoms with Gasteiger partial charge in [-0.1, -0.05) is 43.1 Å². The molecule has 1 atom stereocenters. The number of amides is 2. The fourth-order valence-electron chi connectivity index (χ4n) is 2.58. The van der Waals surface area contributed by atoms with Gasteiger partial charge in [-0.3, -0.25) is 9.59 Å². The third-order valence-electron chi connectivity index (χ3n) is 3.74. The van der Waals surface area contributed by atoms with Crippen molar-refractivity contribution in [3.8, 4) is 0 Å². The summed E-state index contributed by atoms with van der Waals surface area (Å²) in [5, 5.41) is 3.95. The van der Waals surface area contributed by atoms with Gasteiger partial charge in [0.15, 0.2) is 0 Å². The van der Waals surface area contributed by atoms with Crippen molar-refractivity contribution < 1.29 is 9.59 Å². The highest BCUT2D eigenvalue weighted by molar-refractivity contribution is 6.36. The minimum Gasteiger partial charge on any atom is -0.350 e. The number of benzene rings is 1. The lowest BCUT2D eigenvalue weighted by atomic mass is 10.0. The molecule has 2 amide bonds. The molecular weight excluding hydrogens is 359 g/mol. The molecule has 25 heavy (non-hydrogen) atoms. The summed E-state index contributed by atoms with van der Waals surface area (Å²) in [7, 11) is 0. The molecule has 0 bridgehead atoms. The normalized spacial score (nSPS) is 12.6. The topological polar surface area (TPSA) is 49.4 Å². The number of hydrogen-bond acceptors (Lipinski definition) is 2. The lowest BCUT2D eigenvalue weighted by Crippen LogP contribution is -2.53. The second-order valence-corrected chi connectivity index (χ2v) is 7.95. The van der Waals surface area contributed by atoms with Gasteiger partial charge in [0.25, 0.3) is 0 Å². The molecule has 0 heterocycles. The summed E-state index contributed by atoms with van der Waals surface area (Å²) in [5.41, 5.74) is 0.295. The average Bonchev–Trinajstić information content (AvgIpc) is 2.48. The molecule has 0 aliphatic rings. The molecule has 0 radical (unpaired) electrons. The molecule has 0 spiro atoms. The van der Waals surface area contributed by atoms with E-state index >= 15 is 0 Å². The van der Waals surface area contributed by atoms with Crippen molar-refractivity contribution >= 4 is 35.0 Å². The maximum absolute atomic E-state index is 12.7. The largest absolute Gasteiger partial charge is 0.350 e. The summed E-state index contributed by atoms with van der Waals surface area (Å²) in [5.74, 6) is -0.239. The Labute approximate surface area is 160 Å². The molecule has 0 aliphatic heterocycles. The van der Waals surface area contributed by atoms with Crippen molar-refractivity contribution in [3.05, 3.63) is 33.8 Å². The molecule has 0 unspecified atom stereocenters. The first-order valence-electron chi connectivity index (χ1n) is 8.65. The van der Waals surface area contributed by atoms with Crippen LogP contribution in [-0.2, 0) is 16.1 Å². The van der Waals surface area contributed by atoms with E-state index in [0.29, 0.717) is 34.9 Å². The Morgan fingerprint density at radius 3 is 2.16 bits per heavy atom. The van der Waals surface area contributed by atoms with Crippen LogP contribution in [0.4, 0.5) is 0 Å². The highest BCUT2D eigenvalue weighted by atomic mass is 35.5. The zero-order chi connectivity index (χ0) is 19.2. The molecular formula is C19H28Cl2N2O2. The molecule has 0 aliphatic carbocycles. The van der Waals surface area contributed by atoms with Gasteiger partial charge in [0, 0.05) is 34.1 Å². The summed E-state index contributed by atoms with van der Waals surface area (Å²) in [6.45, 7) is 9.80. The first-order chi connectivity index (χ1) is 11.6. The Balaban J connectivity index is 3.18. The summed E-state index contributed by atoms with van der Waals surface area (Å²) in [6.07, 6.45) is 1.60. The predicted molar refractivity (Wildman–Crippen MR) is 104 cm³/mol. The van der Waals surface area contributed by atoms with E-state index in [2.05, 4.69) is 5.32 Å². The number of rotatable bonds is 7. The lowest BCUT2D eigenvalue weighted by molar-refractivity contribution is -0.142. The Bertz CT molecular complexity index is 592. The van der Waals surface area contributed by atoms with E-state index in [-0.39, 0.29) is 23.9 Å². The van der Waals surface area contributed by atoms with Crippen LogP contribution in [0, 0.1) is 0 Å². The van der Waals surface area contributed by atoms with Crippen LogP contribution in [0.15, 0.2) is 18.2 Å². The molecule has 1 aromatic carbocycles. The summed E-state index contributed by atoms with van der Waals surface area (Å²) in [6, 6.07) is 4.67. The van der Waals surface area contributed by atoms with Gasteiger partial charge in [0.2, 0.25) is 11.8 Å². The van der Waals surface area contributed by atoms with Crippen LogP contribution in [0.5, 0.6) is 0 Å². The summed E-state index contributed by atoms with van der Waals surface area (Å²) >= 11 is 12.5. The monoisotopic (exact) mass is 386 g/mol. The SMILES string of the molecule is CCCC(=O)N(Cc1c(Cl)cccc1Cl)[C@H](CC)C(=O)NC(C)(C)C. The summed E-state index contributed by atoms with van der Waals surface area (Å²) in [4.78, 5) is 27.0. The van der Waals surface area contributed by atoms with Gasteiger partial charge in [-0.05, 0) is 45.7 Å². The van der Waals surface area contributed by atoms with Crippen LogP contribution < -0.4 is 5.32 Å². The average molecular weight is 387 g/mol. The maximum atomic E-state index is 12.7. The maximum Gasteiger partial charge on any atom is 0.243 e. The van der Waals surface area contributed by atoms with E-state index in [9.17, 15) is 9.59 Å². The zero-order valence-electron chi connectivity index (χ0n) is 15.7. The fraction of sp³-hybridized carbons (Fsp3) is 0.579. The minimum atomic E-state index is -0.564. The van der Waals surface area contributed by atoms with Gasteiger partial charge in [-0.15, -0.1) is 0 Å². The number of carbonyl (C=O) groups excluding carboxylic acids is 2. The molecule has 0 saturated heterocycles. The molecule has 0 aromatic heterocycles. The third kappa shape index (κ3) is 6.52. The van der Waals surface area contributed by atoms with Gasteiger partial charge >= 0.3 is 0 Å². The van der Waals surface area contributed by atoms with Crippen LogP contribution in [0.25, 0.3) is 0 Å². The van der Waals surface area contributed by atoms with Crippen molar-refractivity contribution in [2.45, 2.75) is 72.0 Å². The van der Waals surface area contributed by atoms with Crippen LogP contribution in [0.1, 0.15) is 59.4 Å². The van der Waals surface area contributed by atoms with E-state index in [1.165, 1.54) is 0 Å². The number of halogens is 2. The number of hydrogen-bond donors (Lipinski definition) is 1. The van der Waals surface area contributed by atoms with Crippen molar-refractivity contribution in [2.24, 2.45) is 0 Å². The summed E-state index contributed by atoms with van der Waals surface area (Å²) < 4.78 is 0. The van der Waals surface area contributed by atoms with E-state index < -0.39 is 6.04 Å². The molecule has 1 N–H and O–H groups in total. The Hall–Kier alpha value is -1.26. The Morgan fingerprint density at radius 2 is 1.72 bits per heavy atom. The smallest absolute Gasteiger partial charge is 0.243 e. The fourth-order valence-corrected chi connectivity index (χ4v) is 3.10. The van der Waals surface area contributed by atoms with E-state index in [1.54, 1.807) is 23.1 Å². The van der Waals surface area contributed by atoms with Crippen molar-refractivity contribution in [3.63, 3.8) is 0 Å². The minimum absolute atomic E-state index is 0.0746. The van der Waals surface area contributed by atoms with Crippen LogP contribution in [-0.4, -0.2) is 28.3 Å². The van der Waals surface area contributed by atoms with Crippen LogP contribution in [0.3, 0.4) is 0 Å². The van der Waals surface area contributed by atoms with E-state index in [1.807, 2.05) is 34.6 Å². The second kappa shape index (κ2) is 9.44. The first-order valence-corrected chi connectivity index (χ1v) is 9.40. The van der Waals surface area contributed by atoms with Gasteiger partial charge in [-0.25, -0.2) is 0 Å². The van der Waals surface area contributed by atoms with E-state index in [0.717, 1.165) is 0 Å². The van der Waals surface area contributed by atoms with Crippen molar-refractivity contribution in [1.29, 1.82) is 0 Å². The number of nitrogens with zero attached hydrogens (tertiary/aromatic N) is 1.